The van der Waals surface area contributed by atoms with E-state index in [9.17, 15) is 13.8 Å². The van der Waals surface area contributed by atoms with Crippen molar-refractivity contribution in [3.63, 3.8) is 0 Å². The molecule has 1 heterocycles. The summed E-state index contributed by atoms with van der Waals surface area (Å²) in [6.45, 7) is 2.44. The number of amides is 2. The smallest absolute Gasteiger partial charge is 0.259 e. The van der Waals surface area contributed by atoms with Crippen LogP contribution in [0, 0.1) is 11.8 Å². The zero-order chi connectivity index (χ0) is 25.0. The van der Waals surface area contributed by atoms with Gasteiger partial charge in [-0.15, -0.1) is 17.3 Å². The molecule has 3 N–H and O–H groups in total. The highest BCUT2D eigenvalue weighted by molar-refractivity contribution is 7.86. The van der Waals surface area contributed by atoms with Gasteiger partial charge in [-0.1, -0.05) is 24.1 Å². The van der Waals surface area contributed by atoms with Crippen molar-refractivity contribution >= 4 is 44.0 Å². The fraction of sp³-hybridized carbons (Fsp3) is 0.308. The van der Waals surface area contributed by atoms with Crippen molar-refractivity contribution in [3.8, 4) is 17.6 Å². The lowest BCUT2D eigenvalue weighted by Crippen LogP contribution is -2.35. The van der Waals surface area contributed by atoms with Crippen LogP contribution in [0.1, 0.15) is 31.7 Å². The van der Waals surface area contributed by atoms with Crippen molar-refractivity contribution in [2.75, 3.05) is 13.2 Å². The predicted octanol–water partition coefficient (Wildman–Crippen LogP) is 3.81. The summed E-state index contributed by atoms with van der Waals surface area (Å²) in [5.74, 6) is 5.36. The summed E-state index contributed by atoms with van der Waals surface area (Å²) in [7, 11) is -1.66. The fourth-order valence-corrected chi connectivity index (χ4v) is 5.84. The van der Waals surface area contributed by atoms with Crippen molar-refractivity contribution in [3.05, 3.63) is 59.5 Å². The lowest BCUT2D eigenvalue weighted by Gasteiger charge is -2.15. The van der Waals surface area contributed by atoms with Gasteiger partial charge in [-0.05, 0) is 72.8 Å². The molecule has 7 nitrogen and oxygen atoms in total. The van der Waals surface area contributed by atoms with E-state index in [1.165, 1.54) is 0 Å². The third-order valence-corrected chi connectivity index (χ3v) is 8.05. The quantitative estimate of drug-likeness (QED) is 0.148. The molecule has 9 heteroatoms. The van der Waals surface area contributed by atoms with E-state index in [4.69, 9.17) is 9.94 Å². The van der Waals surface area contributed by atoms with E-state index >= 15 is 0 Å². The maximum atomic E-state index is 13.0. The largest absolute Gasteiger partial charge is 0.481 e. The number of unbranched alkanes of at least 4 members (excludes halogenated alkanes) is 1. The average Bonchev–Trinajstić information content (AvgIpc) is 3.28. The number of carbonyl (C=O) groups excluding carboxylic acids is 2. The Morgan fingerprint density at radius 1 is 1.14 bits per heavy atom. The Hall–Kier alpha value is -3.19. The van der Waals surface area contributed by atoms with Gasteiger partial charge in [0.05, 0.1) is 17.2 Å². The van der Waals surface area contributed by atoms with Gasteiger partial charge in [0.1, 0.15) is 17.6 Å². The molecule has 0 aliphatic carbocycles. The van der Waals surface area contributed by atoms with Gasteiger partial charge in [0.2, 0.25) is 5.91 Å². The molecule has 2 atom stereocenters. The van der Waals surface area contributed by atoms with Crippen LogP contribution < -0.4 is 15.5 Å². The molecule has 2 amide bonds. The Kier molecular flexibility index (Phi) is 10.3. The fourth-order valence-electron chi connectivity index (χ4n) is 3.52. The van der Waals surface area contributed by atoms with E-state index in [1.54, 1.807) is 48.0 Å². The highest BCUT2D eigenvalue weighted by Crippen LogP contribution is 2.26. The van der Waals surface area contributed by atoms with E-state index in [2.05, 4.69) is 17.2 Å². The van der Waals surface area contributed by atoms with Crippen LogP contribution in [-0.4, -0.2) is 39.6 Å². The molecule has 0 saturated carbocycles. The number of hydrogen-bond donors (Lipinski definition) is 3. The first-order chi connectivity index (χ1) is 17.0. The third kappa shape index (κ3) is 7.65. The number of hydroxylamine groups is 1. The number of benzene rings is 2. The first-order valence-electron chi connectivity index (χ1n) is 11.2. The monoisotopic (exact) mass is 512 g/mol. The van der Waals surface area contributed by atoms with Crippen molar-refractivity contribution < 1.29 is 23.7 Å². The van der Waals surface area contributed by atoms with E-state index in [0.29, 0.717) is 42.9 Å². The second kappa shape index (κ2) is 13.6. The number of nitrogens with one attached hydrogen (secondary N) is 2. The van der Waals surface area contributed by atoms with E-state index in [-0.39, 0.29) is 12.5 Å². The molecule has 3 aromatic rings. The Morgan fingerprint density at radius 2 is 1.91 bits per heavy atom. The van der Waals surface area contributed by atoms with Crippen LogP contribution in [0.2, 0.25) is 0 Å². The molecule has 0 bridgehead atoms. The number of carbonyl (C=O) groups is 2. The zero-order valence-corrected chi connectivity index (χ0v) is 21.0. The van der Waals surface area contributed by atoms with Gasteiger partial charge in [0, 0.05) is 16.1 Å². The maximum Gasteiger partial charge on any atom is 0.259 e. The van der Waals surface area contributed by atoms with Gasteiger partial charge >= 0.3 is 0 Å². The molecule has 0 fully saturated rings. The number of rotatable bonds is 12. The average molecular weight is 513 g/mol. The van der Waals surface area contributed by atoms with Crippen LogP contribution >= 0.6 is 11.3 Å². The Balaban J connectivity index is 1.46. The highest BCUT2D eigenvalue weighted by Gasteiger charge is 2.26. The second-order valence-corrected chi connectivity index (χ2v) is 10.3. The molecular formula is C26H28N2O5S2. The van der Waals surface area contributed by atoms with E-state index in [0.717, 1.165) is 15.6 Å². The highest BCUT2D eigenvalue weighted by atomic mass is 32.2. The SMILES string of the molecule is CC#CCOc1ccc(S(=O)C(CCCCNC(=O)Cc2csc3ccccc23)C(=O)NO)cc1. The predicted molar refractivity (Wildman–Crippen MR) is 138 cm³/mol. The maximum absolute atomic E-state index is 13.0. The van der Waals surface area contributed by atoms with Crippen LogP contribution in [0.3, 0.4) is 0 Å². The van der Waals surface area contributed by atoms with Gasteiger partial charge in [-0.3, -0.25) is 19.0 Å². The normalized spacial score (nSPS) is 12.3. The molecule has 3 rings (SSSR count). The summed E-state index contributed by atoms with van der Waals surface area (Å²) in [4.78, 5) is 25.0. The molecule has 0 spiro atoms. The second-order valence-electron chi connectivity index (χ2n) is 7.73. The standard InChI is InChI=1S/C26H28N2O5S2/c1-2-3-16-33-20-11-13-21(14-12-20)35(32)24(26(30)28-31)10-6-7-15-27-25(29)17-19-18-34-23-9-5-4-8-22(19)23/h4-5,8-9,11-14,18,24,31H,6-7,10,15-17H2,1H3,(H,27,29)(H,28,30). The molecule has 35 heavy (non-hydrogen) atoms. The van der Waals surface area contributed by atoms with Crippen LogP contribution in [0.4, 0.5) is 0 Å². The van der Waals surface area contributed by atoms with Crippen LogP contribution in [0.5, 0.6) is 5.75 Å². The van der Waals surface area contributed by atoms with Crippen molar-refractivity contribution in [2.45, 2.75) is 42.8 Å². The zero-order valence-electron chi connectivity index (χ0n) is 19.4. The molecule has 2 unspecified atom stereocenters. The molecule has 1 aromatic heterocycles. The first kappa shape index (κ1) is 26.4. The van der Waals surface area contributed by atoms with Gasteiger partial charge < -0.3 is 10.1 Å². The lowest BCUT2D eigenvalue weighted by molar-refractivity contribution is -0.128. The van der Waals surface area contributed by atoms with Crippen LogP contribution in [0.15, 0.2) is 58.8 Å². The topological polar surface area (TPSA) is 105 Å². The van der Waals surface area contributed by atoms with Crippen molar-refractivity contribution in [1.29, 1.82) is 0 Å². The third-order valence-electron chi connectivity index (χ3n) is 5.33. The van der Waals surface area contributed by atoms with Gasteiger partial charge in [0.25, 0.3) is 5.91 Å². The molecule has 0 saturated heterocycles. The molecular weight excluding hydrogens is 484 g/mol. The molecule has 0 radical (unpaired) electrons. The Labute approximate surface area is 211 Å². The Morgan fingerprint density at radius 3 is 2.66 bits per heavy atom. The van der Waals surface area contributed by atoms with E-state index in [1.807, 2.05) is 29.6 Å². The molecule has 0 aliphatic heterocycles. The summed E-state index contributed by atoms with van der Waals surface area (Å²) >= 11 is 1.62. The lowest BCUT2D eigenvalue weighted by atomic mass is 10.1. The summed E-state index contributed by atoms with van der Waals surface area (Å²) < 4.78 is 19.6. The molecule has 0 aliphatic rings. The van der Waals surface area contributed by atoms with Crippen LogP contribution in [-0.2, 0) is 26.8 Å². The minimum Gasteiger partial charge on any atom is -0.481 e. The number of hydrogen-bond acceptors (Lipinski definition) is 6. The van der Waals surface area contributed by atoms with Crippen molar-refractivity contribution in [2.24, 2.45) is 0 Å². The van der Waals surface area contributed by atoms with E-state index < -0.39 is 22.0 Å². The Bertz CT molecular complexity index is 1230. The summed E-state index contributed by atoms with van der Waals surface area (Å²) in [5.41, 5.74) is 2.63. The molecule has 184 valence electrons. The van der Waals surface area contributed by atoms with Crippen LogP contribution in [0.25, 0.3) is 10.1 Å². The minimum absolute atomic E-state index is 0.0611. The number of thiophene rings is 1. The van der Waals surface area contributed by atoms with Gasteiger partial charge in [-0.25, -0.2) is 5.48 Å². The van der Waals surface area contributed by atoms with Crippen molar-refractivity contribution in [1.82, 2.24) is 10.8 Å². The van der Waals surface area contributed by atoms with Gasteiger partial charge in [-0.2, -0.15) is 0 Å². The minimum atomic E-state index is -1.66. The summed E-state index contributed by atoms with van der Waals surface area (Å²) in [6, 6.07) is 14.6. The summed E-state index contributed by atoms with van der Waals surface area (Å²) in [5, 5.41) is 14.2. The first-order valence-corrected chi connectivity index (χ1v) is 13.3. The molecule has 2 aromatic carbocycles. The summed E-state index contributed by atoms with van der Waals surface area (Å²) in [6.07, 6.45) is 1.79. The number of fused-ring (bicyclic) bond motifs is 1. The van der Waals surface area contributed by atoms with Gasteiger partial charge in [0.15, 0.2) is 0 Å². The number of ether oxygens (including phenoxy) is 1.